The molecule has 0 saturated heterocycles. The van der Waals surface area contributed by atoms with Crippen LogP contribution >= 0.6 is 11.3 Å². The van der Waals surface area contributed by atoms with E-state index in [1.807, 2.05) is 6.92 Å². The Labute approximate surface area is 174 Å². The van der Waals surface area contributed by atoms with Gasteiger partial charge in [0.1, 0.15) is 11.5 Å². The van der Waals surface area contributed by atoms with E-state index in [1.54, 1.807) is 23.5 Å². The Morgan fingerprint density at radius 2 is 2.07 bits per heavy atom. The topological polar surface area (TPSA) is 67.8 Å². The molecule has 0 bridgehead atoms. The number of hydrogen-bond donors (Lipinski definition) is 2. The van der Waals surface area contributed by atoms with Gasteiger partial charge in [0.25, 0.3) is 0 Å². The van der Waals surface area contributed by atoms with Crippen molar-refractivity contribution in [2.75, 3.05) is 20.2 Å². The molecule has 0 fully saturated rings. The lowest BCUT2D eigenvalue weighted by Crippen LogP contribution is -2.38. The van der Waals surface area contributed by atoms with Gasteiger partial charge in [-0.15, -0.1) is 11.3 Å². The van der Waals surface area contributed by atoms with Crippen molar-refractivity contribution in [2.45, 2.75) is 46.3 Å². The average molecular weight is 427 g/mol. The summed E-state index contributed by atoms with van der Waals surface area (Å²) >= 11 is 1.67. The molecule has 0 aliphatic rings. The molecule has 29 heavy (non-hydrogen) atoms. The van der Waals surface area contributed by atoms with Crippen molar-refractivity contribution in [3.05, 3.63) is 39.8 Å². The molecule has 1 aromatic heterocycles. The minimum Gasteiger partial charge on any atom is -0.497 e. The molecule has 9 heteroatoms. The van der Waals surface area contributed by atoms with Crippen molar-refractivity contribution in [1.82, 2.24) is 15.6 Å². The highest BCUT2D eigenvalue weighted by Gasteiger charge is 2.11. The average Bonchev–Trinajstić information content (AvgIpc) is 3.16. The summed E-state index contributed by atoms with van der Waals surface area (Å²) in [6.45, 7) is 4.82. The molecular weight excluding hydrogens is 398 g/mol. The van der Waals surface area contributed by atoms with Crippen LogP contribution in [0.15, 0.2) is 28.6 Å². The molecular formula is C20H28F2N4O2S. The van der Waals surface area contributed by atoms with Crippen molar-refractivity contribution in [1.29, 1.82) is 0 Å². The van der Waals surface area contributed by atoms with Gasteiger partial charge in [-0.1, -0.05) is 13.8 Å². The summed E-state index contributed by atoms with van der Waals surface area (Å²) < 4.78 is 35.1. The van der Waals surface area contributed by atoms with Crippen molar-refractivity contribution in [3.63, 3.8) is 0 Å². The molecule has 1 heterocycles. The summed E-state index contributed by atoms with van der Waals surface area (Å²) in [5.41, 5.74) is 1.56. The molecule has 0 spiro atoms. The number of nitrogens with one attached hydrogen (secondary N) is 2. The zero-order valence-corrected chi connectivity index (χ0v) is 18.0. The van der Waals surface area contributed by atoms with Gasteiger partial charge in [0.05, 0.1) is 24.4 Å². The molecule has 2 N–H and O–H groups in total. The molecule has 0 radical (unpaired) electrons. The number of aromatic nitrogens is 1. The molecule has 1 aromatic carbocycles. The van der Waals surface area contributed by atoms with E-state index < -0.39 is 6.61 Å². The zero-order chi connectivity index (χ0) is 21.2. The molecule has 0 unspecified atom stereocenters. The van der Waals surface area contributed by atoms with E-state index in [9.17, 15) is 8.78 Å². The minimum absolute atomic E-state index is 0.0871. The van der Waals surface area contributed by atoms with Crippen molar-refractivity contribution in [2.24, 2.45) is 4.99 Å². The van der Waals surface area contributed by atoms with Gasteiger partial charge in [-0.2, -0.15) is 8.78 Å². The number of nitrogens with zero attached hydrogens (tertiary/aromatic N) is 2. The van der Waals surface area contributed by atoms with Gasteiger partial charge in [0, 0.05) is 36.4 Å². The third-order valence-corrected chi connectivity index (χ3v) is 5.17. The maximum atomic E-state index is 12.7. The number of methoxy groups -OCH3 is 1. The van der Waals surface area contributed by atoms with E-state index >= 15 is 0 Å². The highest BCUT2D eigenvalue weighted by atomic mass is 32.1. The van der Waals surface area contributed by atoms with Crippen molar-refractivity contribution in [3.8, 4) is 11.5 Å². The van der Waals surface area contributed by atoms with Crippen molar-refractivity contribution < 1.29 is 18.3 Å². The number of alkyl halides is 2. The SMILES string of the molecule is CCNC(=NCc1cc(OC)ccc1OC(F)F)NCCc1csc(C(C)C)n1. The highest BCUT2D eigenvalue weighted by Crippen LogP contribution is 2.26. The third kappa shape index (κ3) is 7.49. The fraction of sp³-hybridized carbons (Fsp3) is 0.500. The number of rotatable bonds is 10. The first kappa shape index (κ1) is 22.9. The van der Waals surface area contributed by atoms with Crippen LogP contribution in [0.3, 0.4) is 0 Å². The normalized spacial score (nSPS) is 11.8. The lowest BCUT2D eigenvalue weighted by atomic mass is 10.2. The quantitative estimate of drug-likeness (QED) is 0.441. The number of aliphatic imine (C=N–C) groups is 1. The van der Waals surface area contributed by atoms with Crippen LogP contribution in [0.5, 0.6) is 11.5 Å². The van der Waals surface area contributed by atoms with Gasteiger partial charge in [0.2, 0.25) is 0 Å². The fourth-order valence-electron chi connectivity index (χ4n) is 2.53. The van der Waals surface area contributed by atoms with Crippen molar-refractivity contribution >= 4 is 17.3 Å². The van der Waals surface area contributed by atoms with Crippen LogP contribution in [0.25, 0.3) is 0 Å². The summed E-state index contributed by atoms with van der Waals surface area (Å²) in [5, 5.41) is 9.61. The maximum absolute atomic E-state index is 12.7. The Hall–Kier alpha value is -2.42. The van der Waals surface area contributed by atoms with Gasteiger partial charge < -0.3 is 20.1 Å². The summed E-state index contributed by atoms with van der Waals surface area (Å²) in [4.78, 5) is 9.11. The Balaban J connectivity index is 2.02. The first-order valence-electron chi connectivity index (χ1n) is 9.51. The largest absolute Gasteiger partial charge is 0.497 e. The van der Waals surface area contributed by atoms with E-state index in [0.29, 0.717) is 36.3 Å². The van der Waals surface area contributed by atoms with E-state index in [0.717, 1.165) is 17.1 Å². The van der Waals surface area contributed by atoms with Crippen LogP contribution in [0.4, 0.5) is 8.78 Å². The van der Waals surface area contributed by atoms with Crippen LogP contribution in [0.1, 0.15) is 43.0 Å². The standard InChI is InChI=1S/C20H28F2N4O2S/c1-5-23-20(24-9-8-15-12-29-18(26-15)13(2)3)25-11-14-10-16(27-4)6-7-17(14)28-19(21)22/h6-7,10,12-13,19H,5,8-9,11H2,1-4H3,(H2,23,24,25). The monoisotopic (exact) mass is 426 g/mol. The third-order valence-electron chi connectivity index (χ3n) is 3.97. The second kappa shape index (κ2) is 11.5. The summed E-state index contributed by atoms with van der Waals surface area (Å²) in [6, 6.07) is 4.69. The van der Waals surface area contributed by atoms with E-state index in [2.05, 4.69) is 44.6 Å². The fourth-order valence-corrected chi connectivity index (χ4v) is 3.40. The van der Waals surface area contributed by atoms with E-state index in [-0.39, 0.29) is 12.3 Å². The highest BCUT2D eigenvalue weighted by molar-refractivity contribution is 7.09. The lowest BCUT2D eigenvalue weighted by Gasteiger charge is -2.13. The number of hydrogen-bond acceptors (Lipinski definition) is 5. The second-order valence-corrected chi connectivity index (χ2v) is 7.45. The van der Waals surface area contributed by atoms with Gasteiger partial charge in [-0.3, -0.25) is 0 Å². The van der Waals surface area contributed by atoms with Crippen LogP contribution in [0.2, 0.25) is 0 Å². The number of ether oxygens (including phenoxy) is 2. The van der Waals surface area contributed by atoms with Gasteiger partial charge in [-0.05, 0) is 25.1 Å². The maximum Gasteiger partial charge on any atom is 0.387 e. The predicted molar refractivity (Wildman–Crippen MR) is 112 cm³/mol. The van der Waals surface area contributed by atoms with Crippen LogP contribution in [-0.4, -0.2) is 37.8 Å². The lowest BCUT2D eigenvalue weighted by molar-refractivity contribution is -0.0504. The summed E-state index contributed by atoms with van der Waals surface area (Å²) in [5.74, 6) is 1.66. The molecule has 2 rings (SSSR count). The van der Waals surface area contributed by atoms with E-state index in [1.165, 1.54) is 13.2 Å². The van der Waals surface area contributed by atoms with Crippen LogP contribution in [0, 0.1) is 0 Å². The van der Waals surface area contributed by atoms with Crippen LogP contribution < -0.4 is 20.1 Å². The number of halogens is 2. The Morgan fingerprint density at radius 1 is 1.28 bits per heavy atom. The predicted octanol–water partition coefficient (Wildman–Crippen LogP) is 4.17. The molecule has 0 aliphatic carbocycles. The molecule has 2 aromatic rings. The number of thiazole rings is 1. The Bertz CT molecular complexity index is 797. The first-order chi connectivity index (χ1) is 13.9. The Morgan fingerprint density at radius 3 is 2.69 bits per heavy atom. The zero-order valence-electron chi connectivity index (χ0n) is 17.2. The van der Waals surface area contributed by atoms with Crippen LogP contribution in [-0.2, 0) is 13.0 Å². The smallest absolute Gasteiger partial charge is 0.387 e. The van der Waals surface area contributed by atoms with Gasteiger partial charge in [-0.25, -0.2) is 9.98 Å². The molecule has 0 amide bonds. The molecule has 6 nitrogen and oxygen atoms in total. The minimum atomic E-state index is -2.90. The Kier molecular flexibility index (Phi) is 9.11. The summed E-state index contributed by atoms with van der Waals surface area (Å²) in [7, 11) is 1.52. The molecule has 0 saturated carbocycles. The van der Waals surface area contributed by atoms with Gasteiger partial charge >= 0.3 is 6.61 Å². The number of benzene rings is 1. The summed E-state index contributed by atoms with van der Waals surface area (Å²) in [6.07, 6.45) is 0.770. The first-order valence-corrected chi connectivity index (χ1v) is 10.4. The van der Waals surface area contributed by atoms with E-state index in [4.69, 9.17) is 4.74 Å². The molecule has 0 aliphatic heterocycles. The second-order valence-electron chi connectivity index (χ2n) is 6.56. The molecule has 160 valence electrons. The van der Waals surface area contributed by atoms with Gasteiger partial charge in [0.15, 0.2) is 5.96 Å². The molecule has 0 atom stereocenters. The number of guanidine groups is 1.